The molecule has 2 aromatic carbocycles. The fourth-order valence-electron chi connectivity index (χ4n) is 6.06. The lowest BCUT2D eigenvalue weighted by Gasteiger charge is -2.40. The van der Waals surface area contributed by atoms with Crippen molar-refractivity contribution >= 4 is 11.8 Å². The average Bonchev–Trinajstić information content (AvgIpc) is 3.69. The number of ether oxygens (including phenoxy) is 2. The molecule has 10 heteroatoms. The summed E-state index contributed by atoms with van der Waals surface area (Å²) in [6.07, 6.45) is 9.13. The maximum Gasteiger partial charge on any atom is 0.247 e. The fraction of sp³-hybridized carbons (Fsp3) is 0.516. The van der Waals surface area contributed by atoms with Gasteiger partial charge in [-0.05, 0) is 61.6 Å². The van der Waals surface area contributed by atoms with Crippen LogP contribution in [0.4, 0.5) is 0 Å². The number of hydrogen-bond acceptors (Lipinski definition) is 7. The molecule has 2 fully saturated rings. The molecule has 2 amide bonds. The van der Waals surface area contributed by atoms with E-state index in [1.807, 2.05) is 42.2 Å². The fourth-order valence-corrected chi connectivity index (χ4v) is 6.06. The Bertz CT molecular complexity index is 1330. The zero-order chi connectivity index (χ0) is 28.8. The van der Waals surface area contributed by atoms with Crippen LogP contribution in [0.5, 0.6) is 11.5 Å². The maximum atomic E-state index is 14.1. The van der Waals surface area contributed by atoms with Gasteiger partial charge in [-0.3, -0.25) is 9.59 Å². The number of nitrogens with zero attached hydrogens (tertiary/aromatic N) is 5. The van der Waals surface area contributed by atoms with Crippen LogP contribution in [0.15, 0.2) is 42.5 Å². The second kappa shape index (κ2) is 13.1. The molecule has 1 N–H and O–H groups in total. The molecule has 1 atom stereocenters. The molecule has 0 aliphatic heterocycles. The van der Waals surface area contributed by atoms with Crippen LogP contribution in [0, 0.1) is 6.92 Å². The van der Waals surface area contributed by atoms with Crippen LogP contribution in [0.1, 0.15) is 75.0 Å². The van der Waals surface area contributed by atoms with Gasteiger partial charge in [-0.2, -0.15) is 4.80 Å². The average molecular weight is 561 g/mol. The van der Waals surface area contributed by atoms with Crippen molar-refractivity contribution in [2.45, 2.75) is 89.4 Å². The Kier molecular flexibility index (Phi) is 9.16. The first-order valence-corrected chi connectivity index (χ1v) is 14.6. The molecule has 3 aromatic rings. The number of methoxy groups -OCH3 is 2. The summed E-state index contributed by atoms with van der Waals surface area (Å²) in [7, 11) is 3.14. The first-order valence-electron chi connectivity index (χ1n) is 14.6. The van der Waals surface area contributed by atoms with Gasteiger partial charge in [0.2, 0.25) is 17.6 Å². The third-order valence-corrected chi connectivity index (χ3v) is 8.25. The number of carbonyl (C=O) groups is 2. The van der Waals surface area contributed by atoms with Crippen LogP contribution in [0.2, 0.25) is 0 Å². The van der Waals surface area contributed by atoms with Crippen molar-refractivity contribution in [1.29, 1.82) is 0 Å². The Morgan fingerprint density at radius 1 is 0.951 bits per heavy atom. The van der Waals surface area contributed by atoms with Crippen LogP contribution >= 0.6 is 0 Å². The number of benzene rings is 2. The molecule has 0 unspecified atom stereocenters. The van der Waals surface area contributed by atoms with Gasteiger partial charge in [0.05, 0.1) is 14.2 Å². The third-order valence-electron chi connectivity index (χ3n) is 8.25. The lowest BCUT2D eigenvalue weighted by atomic mass is 9.91. The Labute approximate surface area is 241 Å². The van der Waals surface area contributed by atoms with Crippen molar-refractivity contribution in [3.63, 3.8) is 0 Å². The number of amides is 2. The Morgan fingerprint density at radius 3 is 2.32 bits per heavy atom. The molecule has 10 nitrogen and oxygen atoms in total. The predicted octanol–water partition coefficient (Wildman–Crippen LogP) is 4.63. The second-order valence-electron chi connectivity index (χ2n) is 11.1. The standard InChI is InChI=1S/C31H40N6O4/c1-21-13-15-22(16-14-21)29(31(39)32-24-9-7-8-10-24)37(25-11-5-4-6-12-25)28(38)20-36-34-30(33-35-36)23-17-18-26(40-2)27(19-23)41-3/h13-19,24-25,29H,4-12,20H2,1-3H3,(H,32,39)/t29-/m1/s1. The first-order chi connectivity index (χ1) is 20.0. The van der Waals surface area contributed by atoms with Gasteiger partial charge in [-0.25, -0.2) is 0 Å². The van der Waals surface area contributed by atoms with E-state index in [4.69, 9.17) is 9.47 Å². The highest BCUT2D eigenvalue weighted by Crippen LogP contribution is 2.33. The summed E-state index contributed by atoms with van der Waals surface area (Å²) >= 11 is 0. The van der Waals surface area contributed by atoms with E-state index < -0.39 is 6.04 Å². The van der Waals surface area contributed by atoms with Crippen LogP contribution in [0.3, 0.4) is 0 Å². The number of hydrogen-bond donors (Lipinski definition) is 1. The predicted molar refractivity (Wildman–Crippen MR) is 154 cm³/mol. The summed E-state index contributed by atoms with van der Waals surface area (Å²) in [5.74, 6) is 1.21. The molecule has 41 heavy (non-hydrogen) atoms. The summed E-state index contributed by atoms with van der Waals surface area (Å²) in [6, 6.07) is 12.7. The van der Waals surface area contributed by atoms with Crippen LogP contribution in [0.25, 0.3) is 11.4 Å². The number of nitrogens with one attached hydrogen (secondary N) is 1. The van der Waals surface area contributed by atoms with Gasteiger partial charge in [0, 0.05) is 17.6 Å². The van der Waals surface area contributed by atoms with E-state index in [1.165, 1.54) is 4.80 Å². The highest BCUT2D eigenvalue weighted by Gasteiger charge is 2.38. The van der Waals surface area contributed by atoms with Crippen molar-refractivity contribution in [3.05, 3.63) is 53.6 Å². The van der Waals surface area contributed by atoms with Gasteiger partial charge in [0.15, 0.2) is 11.5 Å². The largest absolute Gasteiger partial charge is 0.493 e. The van der Waals surface area contributed by atoms with Crippen LogP contribution < -0.4 is 14.8 Å². The topological polar surface area (TPSA) is 111 Å². The zero-order valence-corrected chi connectivity index (χ0v) is 24.2. The first kappa shape index (κ1) is 28.6. The van der Waals surface area contributed by atoms with Crippen LogP contribution in [-0.2, 0) is 16.1 Å². The highest BCUT2D eigenvalue weighted by atomic mass is 16.5. The molecule has 1 heterocycles. The number of rotatable bonds is 10. The lowest BCUT2D eigenvalue weighted by molar-refractivity contribution is -0.145. The van der Waals surface area contributed by atoms with E-state index in [1.54, 1.807) is 26.4 Å². The van der Waals surface area contributed by atoms with E-state index in [0.29, 0.717) is 22.9 Å². The molecule has 2 aliphatic carbocycles. The molecule has 0 bridgehead atoms. The van der Waals surface area contributed by atoms with Gasteiger partial charge in [0.25, 0.3) is 0 Å². The minimum atomic E-state index is -0.722. The molecule has 0 radical (unpaired) electrons. The Hall–Kier alpha value is -3.95. The van der Waals surface area contributed by atoms with Crippen molar-refractivity contribution < 1.29 is 19.1 Å². The zero-order valence-electron chi connectivity index (χ0n) is 24.2. The van der Waals surface area contributed by atoms with Gasteiger partial charge in [-0.15, -0.1) is 10.2 Å². The summed E-state index contributed by atoms with van der Waals surface area (Å²) in [6.45, 7) is 1.91. The van der Waals surface area contributed by atoms with E-state index in [-0.39, 0.29) is 30.4 Å². The smallest absolute Gasteiger partial charge is 0.247 e. The maximum absolute atomic E-state index is 14.1. The molecule has 1 aromatic heterocycles. The molecule has 0 spiro atoms. The van der Waals surface area contributed by atoms with E-state index >= 15 is 0 Å². The molecular weight excluding hydrogens is 520 g/mol. The lowest BCUT2D eigenvalue weighted by Crippen LogP contribution is -2.51. The van der Waals surface area contributed by atoms with Crippen LogP contribution in [-0.4, -0.2) is 63.2 Å². The quantitative estimate of drug-likeness (QED) is 0.385. The number of carbonyl (C=O) groups excluding carboxylic acids is 2. The number of aryl methyl sites for hydroxylation is 1. The molecule has 218 valence electrons. The van der Waals surface area contributed by atoms with Crippen molar-refractivity contribution in [1.82, 2.24) is 30.4 Å². The van der Waals surface area contributed by atoms with Gasteiger partial charge >= 0.3 is 0 Å². The highest BCUT2D eigenvalue weighted by molar-refractivity contribution is 5.89. The summed E-state index contributed by atoms with van der Waals surface area (Å²) in [4.78, 5) is 31.2. The summed E-state index contributed by atoms with van der Waals surface area (Å²) in [5.41, 5.74) is 2.62. The Morgan fingerprint density at radius 2 is 1.63 bits per heavy atom. The minimum absolute atomic E-state index is 0.0364. The normalized spacial score (nSPS) is 16.8. The molecule has 5 rings (SSSR count). The van der Waals surface area contributed by atoms with Gasteiger partial charge < -0.3 is 19.7 Å². The SMILES string of the molecule is COc1ccc(-c2nnn(CC(=O)N(C3CCCCC3)[C@@H](C(=O)NC3CCCC3)c3ccc(C)cc3)n2)cc1OC. The van der Waals surface area contributed by atoms with Gasteiger partial charge in [-0.1, -0.05) is 61.9 Å². The third kappa shape index (κ3) is 6.69. The van der Waals surface area contributed by atoms with E-state index in [0.717, 1.165) is 68.9 Å². The molecular formula is C31H40N6O4. The summed E-state index contributed by atoms with van der Waals surface area (Å²) in [5, 5.41) is 16.2. The van der Waals surface area contributed by atoms with Crippen molar-refractivity contribution in [2.75, 3.05) is 14.2 Å². The van der Waals surface area contributed by atoms with Crippen molar-refractivity contribution in [2.24, 2.45) is 0 Å². The van der Waals surface area contributed by atoms with E-state index in [2.05, 4.69) is 20.7 Å². The molecule has 2 aliphatic rings. The Balaban J connectivity index is 1.44. The van der Waals surface area contributed by atoms with E-state index in [9.17, 15) is 9.59 Å². The molecule has 2 saturated carbocycles. The van der Waals surface area contributed by atoms with Gasteiger partial charge in [0.1, 0.15) is 12.6 Å². The monoisotopic (exact) mass is 560 g/mol. The number of aromatic nitrogens is 4. The second-order valence-corrected chi connectivity index (χ2v) is 11.1. The number of tetrazole rings is 1. The molecule has 0 saturated heterocycles. The minimum Gasteiger partial charge on any atom is -0.493 e. The van der Waals surface area contributed by atoms with Crippen molar-refractivity contribution in [3.8, 4) is 22.9 Å². The summed E-state index contributed by atoms with van der Waals surface area (Å²) < 4.78 is 10.7.